The molecular formula is C20H19NO2. The summed E-state index contributed by atoms with van der Waals surface area (Å²) in [5.74, 6) is 0.188. The minimum absolute atomic E-state index is 0.0527. The van der Waals surface area contributed by atoms with E-state index in [0.29, 0.717) is 33.9 Å². The van der Waals surface area contributed by atoms with Crippen molar-refractivity contribution in [3.05, 3.63) is 64.2 Å². The van der Waals surface area contributed by atoms with E-state index in [1.807, 2.05) is 12.1 Å². The molecule has 1 fully saturated rings. The third-order valence-corrected chi connectivity index (χ3v) is 5.19. The Morgan fingerprint density at radius 1 is 0.783 bits per heavy atom. The van der Waals surface area contributed by atoms with E-state index < -0.39 is 0 Å². The van der Waals surface area contributed by atoms with Crippen LogP contribution in [0.5, 0.6) is 0 Å². The third-order valence-electron chi connectivity index (χ3n) is 5.19. The second-order valence-electron chi connectivity index (χ2n) is 6.53. The summed E-state index contributed by atoms with van der Waals surface area (Å²) < 4.78 is 0. The number of fused-ring (bicyclic) bond motifs is 2. The van der Waals surface area contributed by atoms with E-state index in [1.54, 1.807) is 24.3 Å². The molecule has 3 heteroatoms. The van der Waals surface area contributed by atoms with Crippen molar-refractivity contribution >= 4 is 17.3 Å². The number of ketones is 2. The Labute approximate surface area is 135 Å². The normalized spacial score (nSPS) is 17.7. The number of hydrogen-bond donors (Lipinski definition) is 1. The van der Waals surface area contributed by atoms with E-state index in [2.05, 4.69) is 0 Å². The monoisotopic (exact) mass is 305 g/mol. The fourth-order valence-electron chi connectivity index (χ4n) is 4.03. The van der Waals surface area contributed by atoms with Crippen LogP contribution in [0.25, 0.3) is 0 Å². The lowest BCUT2D eigenvalue weighted by molar-refractivity contribution is 0.0978. The molecule has 0 atom stereocenters. The van der Waals surface area contributed by atoms with Crippen LogP contribution in [0.3, 0.4) is 0 Å². The number of nitrogen functional groups attached to an aromatic ring is 1. The van der Waals surface area contributed by atoms with Crippen LogP contribution >= 0.6 is 0 Å². The van der Waals surface area contributed by atoms with Crippen molar-refractivity contribution in [3.8, 4) is 0 Å². The van der Waals surface area contributed by atoms with Gasteiger partial charge in [-0.3, -0.25) is 9.59 Å². The average molecular weight is 305 g/mol. The van der Waals surface area contributed by atoms with Crippen molar-refractivity contribution in [1.29, 1.82) is 0 Å². The van der Waals surface area contributed by atoms with Crippen LogP contribution in [0, 0.1) is 0 Å². The van der Waals surface area contributed by atoms with Gasteiger partial charge in [-0.05, 0) is 30.4 Å². The molecule has 0 spiro atoms. The van der Waals surface area contributed by atoms with Crippen molar-refractivity contribution in [1.82, 2.24) is 0 Å². The van der Waals surface area contributed by atoms with Gasteiger partial charge in [-0.1, -0.05) is 49.6 Å². The van der Waals surface area contributed by atoms with Crippen molar-refractivity contribution in [3.63, 3.8) is 0 Å². The Kier molecular flexibility index (Phi) is 3.29. The average Bonchev–Trinajstić information content (AvgIpc) is 2.60. The topological polar surface area (TPSA) is 60.2 Å². The molecule has 2 N–H and O–H groups in total. The molecule has 2 aromatic carbocycles. The fraction of sp³-hybridized carbons (Fsp3) is 0.300. The molecule has 2 aliphatic rings. The van der Waals surface area contributed by atoms with Gasteiger partial charge in [0, 0.05) is 22.4 Å². The number of benzene rings is 2. The minimum Gasteiger partial charge on any atom is -0.398 e. The summed E-state index contributed by atoms with van der Waals surface area (Å²) in [7, 11) is 0. The highest BCUT2D eigenvalue weighted by atomic mass is 16.1. The number of hydrogen-bond acceptors (Lipinski definition) is 3. The molecule has 0 unspecified atom stereocenters. The molecular weight excluding hydrogens is 286 g/mol. The van der Waals surface area contributed by atoms with Gasteiger partial charge in [0.1, 0.15) is 0 Å². The first-order valence-corrected chi connectivity index (χ1v) is 8.29. The standard InChI is InChI=1S/C20H19NO2/c21-16-11-10-13(12-6-2-1-3-7-12)17-18(16)20(23)15-9-5-4-8-14(15)19(17)22/h4-5,8-12H,1-3,6-7,21H2. The summed E-state index contributed by atoms with van der Waals surface area (Å²) in [6, 6.07) is 10.8. The van der Waals surface area contributed by atoms with Gasteiger partial charge < -0.3 is 5.73 Å². The third kappa shape index (κ3) is 2.11. The molecule has 2 aromatic rings. The zero-order valence-electron chi connectivity index (χ0n) is 13.0. The maximum Gasteiger partial charge on any atom is 0.196 e. The summed E-state index contributed by atoms with van der Waals surface area (Å²) >= 11 is 0. The summed E-state index contributed by atoms with van der Waals surface area (Å²) in [6.07, 6.45) is 5.79. The first-order valence-electron chi connectivity index (χ1n) is 8.29. The molecule has 23 heavy (non-hydrogen) atoms. The second kappa shape index (κ2) is 5.34. The highest BCUT2D eigenvalue weighted by molar-refractivity contribution is 6.30. The van der Waals surface area contributed by atoms with E-state index >= 15 is 0 Å². The number of anilines is 1. The molecule has 0 amide bonds. The molecule has 116 valence electrons. The van der Waals surface area contributed by atoms with Crippen LogP contribution in [0.15, 0.2) is 36.4 Å². The fourth-order valence-corrected chi connectivity index (χ4v) is 4.03. The van der Waals surface area contributed by atoms with Crippen molar-refractivity contribution in [2.45, 2.75) is 38.0 Å². The molecule has 4 rings (SSSR count). The first kappa shape index (κ1) is 14.2. The predicted molar refractivity (Wildman–Crippen MR) is 90.0 cm³/mol. The quantitative estimate of drug-likeness (QED) is 0.689. The zero-order chi connectivity index (χ0) is 16.0. The molecule has 0 aromatic heterocycles. The van der Waals surface area contributed by atoms with Crippen LogP contribution in [-0.2, 0) is 0 Å². The second-order valence-corrected chi connectivity index (χ2v) is 6.53. The van der Waals surface area contributed by atoms with Crippen LogP contribution in [0.1, 0.15) is 75.4 Å². The van der Waals surface area contributed by atoms with Crippen LogP contribution < -0.4 is 5.73 Å². The Morgan fingerprint density at radius 3 is 2.04 bits per heavy atom. The Hall–Kier alpha value is -2.42. The predicted octanol–water partition coefficient (Wildman–Crippen LogP) is 4.09. The maximum absolute atomic E-state index is 13.1. The van der Waals surface area contributed by atoms with Gasteiger partial charge in [0.25, 0.3) is 0 Å². The Bertz CT molecular complexity index is 816. The van der Waals surface area contributed by atoms with Gasteiger partial charge in [0.2, 0.25) is 0 Å². The molecule has 0 aliphatic heterocycles. The van der Waals surface area contributed by atoms with Crippen LogP contribution in [0.2, 0.25) is 0 Å². The Morgan fingerprint density at radius 2 is 1.39 bits per heavy atom. The minimum atomic E-state index is -0.120. The molecule has 3 nitrogen and oxygen atoms in total. The van der Waals surface area contributed by atoms with Crippen LogP contribution in [0.4, 0.5) is 5.69 Å². The van der Waals surface area contributed by atoms with Gasteiger partial charge in [0.15, 0.2) is 11.6 Å². The highest BCUT2D eigenvalue weighted by Crippen LogP contribution is 2.40. The molecule has 0 radical (unpaired) electrons. The van der Waals surface area contributed by atoms with Crippen molar-refractivity contribution in [2.24, 2.45) is 0 Å². The molecule has 0 saturated heterocycles. The lowest BCUT2D eigenvalue weighted by Crippen LogP contribution is -2.25. The van der Waals surface area contributed by atoms with Gasteiger partial charge in [0.05, 0.1) is 5.56 Å². The molecule has 1 saturated carbocycles. The van der Waals surface area contributed by atoms with Gasteiger partial charge in [-0.2, -0.15) is 0 Å². The zero-order valence-corrected chi connectivity index (χ0v) is 13.0. The highest BCUT2D eigenvalue weighted by Gasteiger charge is 2.34. The number of carbonyl (C=O) groups excluding carboxylic acids is 2. The van der Waals surface area contributed by atoms with Gasteiger partial charge in [-0.15, -0.1) is 0 Å². The van der Waals surface area contributed by atoms with Gasteiger partial charge >= 0.3 is 0 Å². The molecule has 0 heterocycles. The van der Waals surface area contributed by atoms with Gasteiger partial charge in [-0.25, -0.2) is 0 Å². The van der Waals surface area contributed by atoms with E-state index in [0.717, 1.165) is 18.4 Å². The summed E-state index contributed by atoms with van der Waals surface area (Å²) in [5.41, 5.74) is 9.45. The lowest BCUT2D eigenvalue weighted by Gasteiger charge is -2.28. The largest absolute Gasteiger partial charge is 0.398 e. The Balaban J connectivity index is 1.94. The molecule has 2 aliphatic carbocycles. The van der Waals surface area contributed by atoms with Crippen LogP contribution in [-0.4, -0.2) is 11.6 Å². The van der Waals surface area contributed by atoms with E-state index in [9.17, 15) is 9.59 Å². The lowest BCUT2D eigenvalue weighted by atomic mass is 9.75. The number of rotatable bonds is 1. The SMILES string of the molecule is Nc1ccc(C2CCCCC2)c2c1C(=O)c1ccccc1C2=O. The number of nitrogens with two attached hydrogens (primary N) is 1. The van der Waals surface area contributed by atoms with Crippen molar-refractivity contribution in [2.75, 3.05) is 5.73 Å². The van der Waals surface area contributed by atoms with E-state index in [-0.39, 0.29) is 11.6 Å². The first-order chi connectivity index (χ1) is 11.2. The summed E-state index contributed by atoms with van der Waals surface area (Å²) in [5, 5.41) is 0. The summed E-state index contributed by atoms with van der Waals surface area (Å²) in [4.78, 5) is 25.9. The number of carbonyl (C=O) groups is 2. The van der Waals surface area contributed by atoms with Crippen molar-refractivity contribution < 1.29 is 9.59 Å². The molecule has 0 bridgehead atoms. The maximum atomic E-state index is 13.1. The van der Waals surface area contributed by atoms with E-state index in [1.165, 1.54) is 19.3 Å². The van der Waals surface area contributed by atoms with E-state index in [4.69, 9.17) is 5.73 Å². The smallest absolute Gasteiger partial charge is 0.196 e. The summed E-state index contributed by atoms with van der Waals surface area (Å²) in [6.45, 7) is 0.